The number of rotatable bonds is 0. The first-order valence-electron chi connectivity index (χ1n) is 4.83. The molecule has 3 aliphatic rings. The maximum atomic E-state index is 11.4. The van der Waals surface area contributed by atoms with Gasteiger partial charge in [0.2, 0.25) is 0 Å². The summed E-state index contributed by atoms with van der Waals surface area (Å²) in [6.45, 7) is 0. The maximum absolute atomic E-state index is 11.4. The molecule has 0 saturated heterocycles. The van der Waals surface area contributed by atoms with E-state index in [2.05, 4.69) is 0 Å². The van der Waals surface area contributed by atoms with E-state index >= 15 is 0 Å². The lowest BCUT2D eigenvalue weighted by atomic mass is 9.77. The van der Waals surface area contributed by atoms with E-state index in [-0.39, 0.29) is 0 Å². The molecule has 3 saturated carbocycles. The Morgan fingerprint density at radius 2 is 2.36 bits per heavy atom. The molecule has 0 N–H and O–H groups in total. The van der Waals surface area contributed by atoms with Gasteiger partial charge in [0.15, 0.2) is 0 Å². The lowest BCUT2D eigenvalue weighted by molar-refractivity contribution is -0.123. The van der Waals surface area contributed by atoms with Crippen molar-refractivity contribution in [3.05, 3.63) is 0 Å². The van der Waals surface area contributed by atoms with Crippen LogP contribution in [0, 0.1) is 17.3 Å². The second kappa shape index (κ2) is 1.70. The minimum absolute atomic E-state index is 0.500. The van der Waals surface area contributed by atoms with Crippen LogP contribution in [0.15, 0.2) is 0 Å². The summed E-state index contributed by atoms with van der Waals surface area (Å²) in [4.78, 5) is 11.4. The van der Waals surface area contributed by atoms with Gasteiger partial charge in [0.25, 0.3) is 0 Å². The first-order chi connectivity index (χ1) is 5.30. The molecule has 3 atom stereocenters. The summed E-state index contributed by atoms with van der Waals surface area (Å²) >= 11 is 0. The number of hydrogen-bond donors (Lipinski definition) is 0. The fraction of sp³-hybridized carbons (Fsp3) is 0.900. The zero-order valence-corrected chi connectivity index (χ0v) is 6.81. The van der Waals surface area contributed by atoms with Crippen molar-refractivity contribution < 1.29 is 4.79 Å². The smallest absolute Gasteiger partial charge is 0.136 e. The Labute approximate surface area is 67.2 Å². The summed E-state index contributed by atoms with van der Waals surface area (Å²) in [5.74, 6) is 2.04. The Bertz CT molecular complexity index is 221. The Kier molecular flexibility index (Phi) is 0.961. The maximum Gasteiger partial charge on any atom is 0.136 e. The van der Waals surface area contributed by atoms with Gasteiger partial charge in [-0.25, -0.2) is 0 Å². The van der Waals surface area contributed by atoms with Gasteiger partial charge in [-0.2, -0.15) is 0 Å². The van der Waals surface area contributed by atoms with E-state index in [1.54, 1.807) is 0 Å². The van der Waals surface area contributed by atoms with Gasteiger partial charge in [0, 0.05) is 12.3 Å². The molecule has 0 heterocycles. The molecule has 0 radical (unpaired) electrons. The summed E-state index contributed by atoms with van der Waals surface area (Å²) in [6, 6.07) is 0. The monoisotopic (exact) mass is 150 g/mol. The number of hydrogen-bond acceptors (Lipinski definition) is 1. The normalized spacial score (nSPS) is 53.6. The average Bonchev–Trinajstić information content (AvgIpc) is 2.49. The van der Waals surface area contributed by atoms with Crippen LogP contribution in [0.1, 0.15) is 38.5 Å². The number of carbonyl (C=O) groups excluding carboxylic acids is 1. The fourth-order valence-corrected chi connectivity index (χ4v) is 3.81. The Morgan fingerprint density at radius 1 is 1.45 bits per heavy atom. The van der Waals surface area contributed by atoms with E-state index in [1.165, 1.54) is 32.1 Å². The number of carbonyl (C=O) groups is 1. The molecule has 0 aromatic heterocycles. The Balaban J connectivity index is 2.01. The van der Waals surface area contributed by atoms with E-state index in [1.807, 2.05) is 0 Å². The minimum Gasteiger partial charge on any atom is -0.299 e. The van der Waals surface area contributed by atoms with Gasteiger partial charge >= 0.3 is 0 Å². The highest BCUT2D eigenvalue weighted by Crippen LogP contribution is 2.63. The molecule has 0 aliphatic heterocycles. The first-order valence-corrected chi connectivity index (χ1v) is 4.83. The zero-order chi connectivity index (χ0) is 7.47. The molecule has 3 rings (SSSR count). The van der Waals surface area contributed by atoms with Crippen molar-refractivity contribution in [3.63, 3.8) is 0 Å². The van der Waals surface area contributed by atoms with E-state index in [0.717, 1.165) is 12.3 Å². The van der Waals surface area contributed by atoms with E-state index in [9.17, 15) is 4.79 Å². The number of Topliss-reactive ketones (excluding diaryl/α,β-unsaturated/α-hetero) is 1. The summed E-state index contributed by atoms with van der Waals surface area (Å²) < 4.78 is 0. The topological polar surface area (TPSA) is 17.1 Å². The highest BCUT2D eigenvalue weighted by Gasteiger charge is 2.57. The van der Waals surface area contributed by atoms with Gasteiger partial charge in [-0.1, -0.05) is 6.42 Å². The summed E-state index contributed by atoms with van der Waals surface area (Å²) in [6.07, 6.45) is 7.63. The van der Waals surface area contributed by atoms with Crippen molar-refractivity contribution in [2.75, 3.05) is 0 Å². The van der Waals surface area contributed by atoms with Crippen LogP contribution in [0.2, 0.25) is 0 Å². The summed E-state index contributed by atoms with van der Waals surface area (Å²) in [5, 5.41) is 0. The van der Waals surface area contributed by atoms with Gasteiger partial charge < -0.3 is 0 Å². The Hall–Kier alpha value is -0.330. The third-order valence-corrected chi connectivity index (χ3v) is 4.30. The number of ketones is 1. The molecule has 11 heavy (non-hydrogen) atoms. The van der Waals surface area contributed by atoms with Gasteiger partial charge in [-0.05, 0) is 37.0 Å². The van der Waals surface area contributed by atoms with Crippen LogP contribution in [0.3, 0.4) is 0 Å². The molecule has 2 bridgehead atoms. The third-order valence-electron chi connectivity index (χ3n) is 4.30. The van der Waals surface area contributed by atoms with Crippen molar-refractivity contribution in [3.8, 4) is 0 Å². The third kappa shape index (κ3) is 0.605. The first kappa shape index (κ1) is 6.22. The quantitative estimate of drug-likeness (QED) is 0.517. The summed E-state index contributed by atoms with van der Waals surface area (Å²) in [7, 11) is 0. The van der Waals surface area contributed by atoms with Crippen molar-refractivity contribution in [2.45, 2.75) is 38.5 Å². The van der Waals surface area contributed by atoms with E-state index in [4.69, 9.17) is 0 Å². The molecule has 0 aromatic carbocycles. The van der Waals surface area contributed by atoms with Crippen molar-refractivity contribution in [1.29, 1.82) is 0 Å². The Morgan fingerprint density at radius 3 is 3.18 bits per heavy atom. The highest BCUT2D eigenvalue weighted by atomic mass is 16.1. The number of fused-ring (bicyclic) bond motifs is 1. The van der Waals surface area contributed by atoms with Crippen LogP contribution >= 0.6 is 0 Å². The van der Waals surface area contributed by atoms with Crippen LogP contribution in [-0.4, -0.2) is 5.78 Å². The predicted molar refractivity (Wildman–Crippen MR) is 42.1 cm³/mol. The van der Waals surface area contributed by atoms with Gasteiger partial charge in [-0.15, -0.1) is 0 Å². The lowest BCUT2D eigenvalue weighted by Gasteiger charge is -2.26. The zero-order valence-electron chi connectivity index (χ0n) is 6.81. The molecule has 1 heteroatoms. The van der Waals surface area contributed by atoms with E-state index < -0.39 is 0 Å². The summed E-state index contributed by atoms with van der Waals surface area (Å²) in [5.41, 5.74) is 0.543. The molecule has 1 unspecified atom stereocenters. The van der Waals surface area contributed by atoms with Crippen LogP contribution in [0.25, 0.3) is 0 Å². The molecule has 1 nitrogen and oxygen atoms in total. The van der Waals surface area contributed by atoms with Crippen molar-refractivity contribution in [1.82, 2.24) is 0 Å². The van der Waals surface area contributed by atoms with Gasteiger partial charge in [-0.3, -0.25) is 4.79 Å². The van der Waals surface area contributed by atoms with Crippen LogP contribution in [0.4, 0.5) is 0 Å². The lowest BCUT2D eigenvalue weighted by Crippen LogP contribution is -2.22. The average molecular weight is 150 g/mol. The van der Waals surface area contributed by atoms with Gasteiger partial charge in [0.1, 0.15) is 5.78 Å². The fourth-order valence-electron chi connectivity index (χ4n) is 3.81. The molecule has 3 fully saturated rings. The van der Waals surface area contributed by atoms with Crippen LogP contribution < -0.4 is 0 Å². The van der Waals surface area contributed by atoms with Crippen molar-refractivity contribution in [2.24, 2.45) is 17.3 Å². The second-order valence-electron chi connectivity index (χ2n) is 4.73. The molecule has 60 valence electrons. The molecule has 0 aromatic rings. The highest BCUT2D eigenvalue weighted by molar-refractivity contribution is 5.85. The van der Waals surface area contributed by atoms with Crippen LogP contribution in [-0.2, 0) is 4.79 Å². The molecule has 1 spiro atoms. The van der Waals surface area contributed by atoms with Crippen LogP contribution in [0.5, 0.6) is 0 Å². The molecular weight excluding hydrogens is 136 g/mol. The predicted octanol–water partition coefficient (Wildman–Crippen LogP) is 2.16. The SMILES string of the molecule is O=C1C[C@@]23CCCC2C[C@@H]1C3. The molecular formula is C10H14O. The van der Waals surface area contributed by atoms with Gasteiger partial charge in [0.05, 0.1) is 0 Å². The molecule has 3 aliphatic carbocycles. The minimum atomic E-state index is 0.500. The second-order valence-corrected chi connectivity index (χ2v) is 4.73. The molecule has 0 amide bonds. The van der Waals surface area contributed by atoms with E-state index in [0.29, 0.717) is 17.1 Å². The largest absolute Gasteiger partial charge is 0.299 e. The van der Waals surface area contributed by atoms with Crippen molar-refractivity contribution >= 4 is 5.78 Å². The standard InChI is InChI=1S/C10H14O/c11-9-6-10-3-1-2-8(10)4-7(9)5-10/h7-8H,1-6H2/t7-,8?,10+/m1/s1.